The van der Waals surface area contributed by atoms with Crippen molar-refractivity contribution in [1.29, 1.82) is 0 Å². The van der Waals surface area contributed by atoms with E-state index in [1.807, 2.05) is 30.3 Å². The molecule has 74 valence electrons. The molecule has 3 nitrogen and oxygen atoms in total. The average Bonchev–Trinajstić information content (AvgIpc) is 2.26. The van der Waals surface area contributed by atoms with Gasteiger partial charge in [0.25, 0.3) is 0 Å². The quantitative estimate of drug-likeness (QED) is 0.415. The average molecular weight is 191 g/mol. The van der Waals surface area contributed by atoms with Crippen molar-refractivity contribution in [3.05, 3.63) is 48.2 Å². The second kappa shape index (κ2) is 5.07. The molecule has 0 heterocycles. The molecule has 0 fully saturated rings. The van der Waals surface area contributed by atoms with Gasteiger partial charge in [0.1, 0.15) is 12.9 Å². The molecule has 1 aromatic rings. The van der Waals surface area contributed by atoms with E-state index in [9.17, 15) is 0 Å². The van der Waals surface area contributed by atoms with Gasteiger partial charge in [-0.1, -0.05) is 42.1 Å². The van der Waals surface area contributed by atoms with Crippen LogP contribution in [0.1, 0.15) is 5.56 Å². The fourth-order valence-corrected chi connectivity index (χ4v) is 1.05. The van der Waals surface area contributed by atoms with Crippen molar-refractivity contribution in [3.8, 4) is 0 Å². The van der Waals surface area contributed by atoms with E-state index in [2.05, 4.69) is 11.7 Å². The second-order valence-corrected chi connectivity index (χ2v) is 2.62. The molecule has 0 spiro atoms. The Bertz CT molecular complexity index is 330. The van der Waals surface area contributed by atoms with Crippen LogP contribution in [0.5, 0.6) is 0 Å². The van der Waals surface area contributed by atoms with Crippen molar-refractivity contribution in [3.63, 3.8) is 0 Å². The molecule has 0 saturated heterocycles. The van der Waals surface area contributed by atoms with Gasteiger partial charge in [0.2, 0.25) is 0 Å². The third-order valence-electron chi connectivity index (χ3n) is 1.74. The van der Waals surface area contributed by atoms with E-state index in [1.165, 1.54) is 7.11 Å². The number of methoxy groups -OCH3 is 1. The molecule has 0 amide bonds. The first-order chi connectivity index (χ1) is 6.79. The van der Waals surface area contributed by atoms with E-state index in [0.29, 0.717) is 11.5 Å². The van der Waals surface area contributed by atoms with Crippen LogP contribution < -0.4 is 0 Å². The van der Waals surface area contributed by atoms with Gasteiger partial charge in [-0.25, -0.2) is 0 Å². The zero-order valence-corrected chi connectivity index (χ0v) is 8.36. The summed E-state index contributed by atoms with van der Waals surface area (Å²) in [6.45, 7) is 3.74. The maximum Gasteiger partial charge on any atom is 0.151 e. The van der Waals surface area contributed by atoms with E-state index in [1.54, 1.807) is 7.11 Å². The number of rotatable bonds is 4. The summed E-state index contributed by atoms with van der Waals surface area (Å²) in [5.41, 5.74) is 1.52. The first-order valence-electron chi connectivity index (χ1n) is 4.19. The summed E-state index contributed by atoms with van der Waals surface area (Å²) in [6.07, 6.45) is 0. The predicted octanol–water partition coefficient (Wildman–Crippen LogP) is 2.20. The molecule has 0 unspecified atom stereocenters. The van der Waals surface area contributed by atoms with Gasteiger partial charge in [-0.2, -0.15) is 0 Å². The fourth-order valence-electron chi connectivity index (χ4n) is 1.05. The second-order valence-electron chi connectivity index (χ2n) is 2.62. The van der Waals surface area contributed by atoms with Gasteiger partial charge in [0.15, 0.2) is 5.71 Å². The van der Waals surface area contributed by atoms with E-state index in [4.69, 9.17) is 9.57 Å². The zero-order valence-electron chi connectivity index (χ0n) is 8.36. The van der Waals surface area contributed by atoms with Crippen LogP contribution in [-0.4, -0.2) is 19.9 Å². The van der Waals surface area contributed by atoms with Gasteiger partial charge in [0, 0.05) is 5.56 Å². The van der Waals surface area contributed by atoms with Crippen LogP contribution in [0.3, 0.4) is 0 Å². The molecule has 0 N–H and O–H groups in total. The number of hydrogen-bond acceptors (Lipinski definition) is 3. The highest BCUT2D eigenvalue weighted by Crippen LogP contribution is 2.08. The lowest BCUT2D eigenvalue weighted by molar-refractivity contribution is 0.210. The summed E-state index contributed by atoms with van der Waals surface area (Å²) in [6, 6.07) is 9.61. The molecular formula is C11H13NO2. The van der Waals surface area contributed by atoms with E-state index >= 15 is 0 Å². The van der Waals surface area contributed by atoms with E-state index < -0.39 is 0 Å². The molecule has 0 aliphatic heterocycles. The lowest BCUT2D eigenvalue weighted by atomic mass is 10.1. The van der Waals surface area contributed by atoms with E-state index in [-0.39, 0.29) is 0 Å². The number of hydrogen-bond donors (Lipinski definition) is 0. The Kier molecular flexibility index (Phi) is 3.73. The van der Waals surface area contributed by atoms with Gasteiger partial charge in [-0.3, -0.25) is 0 Å². The summed E-state index contributed by atoms with van der Waals surface area (Å²) in [5, 5.41) is 3.86. The zero-order chi connectivity index (χ0) is 10.4. The molecule has 0 aliphatic carbocycles. The number of nitrogens with zero attached hydrogens (tertiary/aromatic N) is 1. The first-order valence-corrected chi connectivity index (χ1v) is 4.19. The van der Waals surface area contributed by atoms with Crippen LogP contribution in [0.4, 0.5) is 0 Å². The number of oxime groups is 1. The summed E-state index contributed by atoms with van der Waals surface area (Å²) in [7, 11) is 3.04. The third-order valence-corrected chi connectivity index (χ3v) is 1.74. The molecule has 1 aromatic carbocycles. The number of allylic oxidation sites excluding steroid dienone is 1. The summed E-state index contributed by atoms with van der Waals surface area (Å²) < 4.78 is 5.01. The molecule has 0 aliphatic rings. The van der Waals surface area contributed by atoms with Crippen molar-refractivity contribution in [2.75, 3.05) is 14.2 Å². The third kappa shape index (κ3) is 2.36. The van der Waals surface area contributed by atoms with Crippen molar-refractivity contribution >= 4 is 5.71 Å². The minimum absolute atomic E-state index is 0.484. The van der Waals surface area contributed by atoms with Crippen molar-refractivity contribution in [2.45, 2.75) is 0 Å². The SMILES string of the molecule is C=C(OC)/C(=N/OC)c1ccccc1. The molecule has 3 heteroatoms. The molecule has 0 aromatic heterocycles. The normalized spacial score (nSPS) is 10.9. The Labute approximate surface area is 83.6 Å². The Morgan fingerprint density at radius 1 is 1.21 bits per heavy atom. The monoisotopic (exact) mass is 191 g/mol. The molecule has 0 atom stereocenters. The molecule has 0 bridgehead atoms. The van der Waals surface area contributed by atoms with Crippen molar-refractivity contribution in [1.82, 2.24) is 0 Å². The smallest absolute Gasteiger partial charge is 0.151 e. The maximum atomic E-state index is 5.01. The van der Waals surface area contributed by atoms with Crippen LogP contribution in [0, 0.1) is 0 Å². The first kappa shape index (κ1) is 10.3. The minimum atomic E-state index is 0.484. The molecule has 0 radical (unpaired) electrons. The molecule has 14 heavy (non-hydrogen) atoms. The van der Waals surface area contributed by atoms with Crippen LogP contribution in [0.15, 0.2) is 47.8 Å². The number of ether oxygens (including phenoxy) is 1. The lowest BCUT2D eigenvalue weighted by Crippen LogP contribution is -2.06. The summed E-state index contributed by atoms with van der Waals surface area (Å²) in [4.78, 5) is 4.73. The van der Waals surface area contributed by atoms with Gasteiger partial charge < -0.3 is 9.57 Å². The Balaban J connectivity index is 3.02. The standard InChI is InChI=1S/C11H13NO2/c1-9(13-2)11(12-14-3)10-7-5-4-6-8-10/h4-8H,1H2,2-3H3/b12-11-. The van der Waals surface area contributed by atoms with Gasteiger partial charge >= 0.3 is 0 Å². The molecule has 1 rings (SSSR count). The Morgan fingerprint density at radius 3 is 2.36 bits per heavy atom. The Morgan fingerprint density at radius 2 is 1.86 bits per heavy atom. The summed E-state index contributed by atoms with van der Waals surface area (Å²) in [5.74, 6) is 0.484. The van der Waals surface area contributed by atoms with Crippen molar-refractivity contribution in [2.24, 2.45) is 5.16 Å². The topological polar surface area (TPSA) is 30.8 Å². The Hall–Kier alpha value is -1.77. The number of benzene rings is 1. The van der Waals surface area contributed by atoms with Gasteiger partial charge in [-0.05, 0) is 0 Å². The van der Waals surface area contributed by atoms with Crippen LogP contribution in [0.25, 0.3) is 0 Å². The summed E-state index contributed by atoms with van der Waals surface area (Å²) >= 11 is 0. The maximum absolute atomic E-state index is 5.01. The van der Waals surface area contributed by atoms with Gasteiger partial charge in [0.05, 0.1) is 7.11 Å². The molecular weight excluding hydrogens is 178 g/mol. The fraction of sp³-hybridized carbons (Fsp3) is 0.182. The molecule has 0 saturated carbocycles. The van der Waals surface area contributed by atoms with Crippen molar-refractivity contribution < 1.29 is 9.57 Å². The minimum Gasteiger partial charge on any atom is -0.495 e. The highest BCUT2D eigenvalue weighted by molar-refractivity contribution is 6.10. The lowest BCUT2D eigenvalue weighted by Gasteiger charge is -2.07. The van der Waals surface area contributed by atoms with Gasteiger partial charge in [-0.15, -0.1) is 0 Å². The largest absolute Gasteiger partial charge is 0.495 e. The van der Waals surface area contributed by atoms with E-state index in [0.717, 1.165) is 5.56 Å². The highest BCUT2D eigenvalue weighted by Gasteiger charge is 2.08. The van der Waals surface area contributed by atoms with Crippen LogP contribution in [-0.2, 0) is 9.57 Å². The predicted molar refractivity (Wildman–Crippen MR) is 56.1 cm³/mol. The highest BCUT2D eigenvalue weighted by atomic mass is 16.6. The van der Waals surface area contributed by atoms with Crippen LogP contribution in [0.2, 0.25) is 0 Å². The van der Waals surface area contributed by atoms with Crippen LogP contribution >= 0.6 is 0 Å².